The van der Waals surface area contributed by atoms with Crippen molar-refractivity contribution < 1.29 is 4.92 Å². The van der Waals surface area contributed by atoms with Gasteiger partial charge in [0.15, 0.2) is 5.13 Å². The van der Waals surface area contributed by atoms with Gasteiger partial charge in [0, 0.05) is 6.20 Å². The Bertz CT molecular complexity index is 532. The SMILES string of the molecule is Cc1cn(Cc2cnc(N)s2)nc1[N+](=O)[O-]. The quantitative estimate of drug-likeness (QED) is 0.640. The Balaban J connectivity index is 2.22. The third-order valence-corrected chi connectivity index (χ3v) is 2.79. The molecule has 2 aromatic rings. The first kappa shape index (κ1) is 10.6. The number of aromatic nitrogens is 3. The molecule has 0 amide bonds. The van der Waals surface area contributed by atoms with Crippen molar-refractivity contribution in [2.24, 2.45) is 0 Å². The summed E-state index contributed by atoms with van der Waals surface area (Å²) in [6, 6.07) is 0. The fourth-order valence-electron chi connectivity index (χ4n) is 1.33. The maximum atomic E-state index is 10.6. The van der Waals surface area contributed by atoms with Gasteiger partial charge in [-0.05, 0) is 11.8 Å². The van der Waals surface area contributed by atoms with Gasteiger partial charge < -0.3 is 15.8 Å². The summed E-state index contributed by atoms with van der Waals surface area (Å²) in [5, 5.41) is 14.9. The maximum absolute atomic E-state index is 10.6. The van der Waals surface area contributed by atoms with Crippen molar-refractivity contribution in [1.29, 1.82) is 0 Å². The van der Waals surface area contributed by atoms with E-state index in [-0.39, 0.29) is 5.82 Å². The third kappa shape index (κ3) is 2.01. The van der Waals surface area contributed by atoms with Gasteiger partial charge in [0.05, 0.1) is 28.3 Å². The molecule has 2 heterocycles. The molecule has 0 bridgehead atoms. The molecule has 0 aliphatic heterocycles. The number of nitro groups is 1. The van der Waals surface area contributed by atoms with Gasteiger partial charge in [0.2, 0.25) is 0 Å². The molecule has 0 fully saturated rings. The van der Waals surface area contributed by atoms with Gasteiger partial charge >= 0.3 is 5.82 Å². The third-order valence-electron chi connectivity index (χ3n) is 1.98. The molecule has 0 unspecified atom stereocenters. The lowest BCUT2D eigenvalue weighted by atomic mass is 10.4. The van der Waals surface area contributed by atoms with E-state index in [1.807, 2.05) is 0 Å². The molecule has 0 aliphatic rings. The first-order valence-corrected chi connectivity index (χ1v) is 5.26. The zero-order valence-electron chi connectivity index (χ0n) is 8.45. The summed E-state index contributed by atoms with van der Waals surface area (Å²) in [5.74, 6) is -0.113. The van der Waals surface area contributed by atoms with Crippen LogP contribution in [0.4, 0.5) is 10.9 Å². The van der Waals surface area contributed by atoms with Crippen molar-refractivity contribution in [3.05, 3.63) is 32.9 Å². The molecular weight excluding hydrogens is 230 g/mol. The Labute approximate surface area is 94.7 Å². The van der Waals surface area contributed by atoms with E-state index in [0.29, 0.717) is 17.2 Å². The minimum absolute atomic E-state index is 0.113. The monoisotopic (exact) mass is 239 g/mol. The Kier molecular flexibility index (Phi) is 2.57. The first-order valence-electron chi connectivity index (χ1n) is 4.45. The van der Waals surface area contributed by atoms with Crippen molar-refractivity contribution in [2.45, 2.75) is 13.5 Å². The summed E-state index contributed by atoms with van der Waals surface area (Å²) >= 11 is 1.34. The molecule has 84 valence electrons. The van der Waals surface area contributed by atoms with E-state index in [4.69, 9.17) is 5.73 Å². The second-order valence-electron chi connectivity index (χ2n) is 3.26. The van der Waals surface area contributed by atoms with Crippen LogP contribution in [0.3, 0.4) is 0 Å². The molecule has 0 atom stereocenters. The lowest BCUT2D eigenvalue weighted by Gasteiger charge is -1.90. The number of thiazole rings is 1. The predicted molar refractivity (Wildman–Crippen MR) is 59.2 cm³/mol. The van der Waals surface area contributed by atoms with Crippen molar-refractivity contribution in [3.8, 4) is 0 Å². The Hall–Kier alpha value is -1.96. The van der Waals surface area contributed by atoms with Crippen LogP contribution in [-0.4, -0.2) is 19.7 Å². The topological polar surface area (TPSA) is 99.9 Å². The van der Waals surface area contributed by atoms with E-state index in [0.717, 1.165) is 4.88 Å². The van der Waals surface area contributed by atoms with Crippen LogP contribution in [0.15, 0.2) is 12.4 Å². The van der Waals surface area contributed by atoms with Crippen LogP contribution in [0.2, 0.25) is 0 Å². The summed E-state index contributed by atoms with van der Waals surface area (Å²) in [4.78, 5) is 14.9. The first-order chi connectivity index (χ1) is 7.56. The molecule has 2 rings (SSSR count). The Morgan fingerprint density at radius 2 is 2.44 bits per heavy atom. The number of hydrogen-bond acceptors (Lipinski definition) is 6. The highest BCUT2D eigenvalue weighted by Crippen LogP contribution is 2.18. The fourth-order valence-corrected chi connectivity index (χ4v) is 2.00. The number of nitrogens with zero attached hydrogens (tertiary/aromatic N) is 4. The lowest BCUT2D eigenvalue weighted by Crippen LogP contribution is -1.99. The van der Waals surface area contributed by atoms with Crippen LogP contribution in [0.5, 0.6) is 0 Å². The number of hydrogen-bond donors (Lipinski definition) is 1. The highest BCUT2D eigenvalue weighted by Gasteiger charge is 2.17. The number of aryl methyl sites for hydroxylation is 1. The van der Waals surface area contributed by atoms with Crippen molar-refractivity contribution in [2.75, 3.05) is 5.73 Å². The molecule has 16 heavy (non-hydrogen) atoms. The minimum Gasteiger partial charge on any atom is -0.375 e. The van der Waals surface area contributed by atoms with Gasteiger partial charge in [0.25, 0.3) is 0 Å². The molecule has 0 radical (unpaired) electrons. The molecule has 7 nitrogen and oxygen atoms in total. The summed E-state index contributed by atoms with van der Waals surface area (Å²) < 4.78 is 1.51. The smallest absolute Gasteiger partial charge is 0.375 e. The number of anilines is 1. The van der Waals surface area contributed by atoms with Crippen molar-refractivity contribution in [3.63, 3.8) is 0 Å². The van der Waals surface area contributed by atoms with Crippen molar-refractivity contribution >= 4 is 22.3 Å². The average molecular weight is 239 g/mol. The number of nitrogens with two attached hydrogens (primary N) is 1. The van der Waals surface area contributed by atoms with Gasteiger partial charge in [-0.2, -0.15) is 4.68 Å². The molecule has 0 spiro atoms. The average Bonchev–Trinajstić information content (AvgIpc) is 2.73. The standard InChI is InChI=1S/C8H9N5O2S/c1-5-3-12(11-7(5)13(14)15)4-6-2-10-8(9)16-6/h2-3H,4H2,1H3,(H2,9,10). The molecule has 0 aromatic carbocycles. The number of nitrogen functional groups attached to an aromatic ring is 1. The largest absolute Gasteiger partial charge is 0.392 e. The lowest BCUT2D eigenvalue weighted by molar-refractivity contribution is -0.390. The van der Waals surface area contributed by atoms with Gasteiger partial charge in [0.1, 0.15) is 0 Å². The van der Waals surface area contributed by atoms with E-state index in [2.05, 4.69) is 10.1 Å². The molecule has 0 saturated carbocycles. The Morgan fingerprint density at radius 3 is 2.94 bits per heavy atom. The zero-order chi connectivity index (χ0) is 11.7. The van der Waals surface area contributed by atoms with Crippen LogP contribution in [0.25, 0.3) is 0 Å². The van der Waals surface area contributed by atoms with Crippen LogP contribution < -0.4 is 5.73 Å². The minimum atomic E-state index is -0.493. The zero-order valence-corrected chi connectivity index (χ0v) is 9.27. The van der Waals surface area contributed by atoms with Crippen LogP contribution in [0, 0.1) is 17.0 Å². The normalized spacial score (nSPS) is 10.6. The molecule has 0 saturated heterocycles. The molecule has 8 heteroatoms. The fraction of sp³-hybridized carbons (Fsp3) is 0.250. The molecule has 2 N–H and O–H groups in total. The van der Waals surface area contributed by atoms with Gasteiger partial charge in [-0.1, -0.05) is 0 Å². The van der Waals surface area contributed by atoms with E-state index >= 15 is 0 Å². The van der Waals surface area contributed by atoms with E-state index in [9.17, 15) is 10.1 Å². The predicted octanol–water partition coefficient (Wildman–Crippen LogP) is 1.19. The summed E-state index contributed by atoms with van der Waals surface area (Å²) in [5.41, 5.74) is 6.03. The van der Waals surface area contributed by atoms with Crippen LogP contribution in [0.1, 0.15) is 10.4 Å². The Morgan fingerprint density at radius 1 is 1.69 bits per heavy atom. The van der Waals surface area contributed by atoms with E-state index < -0.39 is 4.92 Å². The van der Waals surface area contributed by atoms with Gasteiger partial charge in [-0.3, -0.25) is 0 Å². The number of rotatable bonds is 3. The summed E-state index contributed by atoms with van der Waals surface area (Å²) in [6.45, 7) is 2.10. The second kappa shape index (κ2) is 3.89. The summed E-state index contributed by atoms with van der Waals surface area (Å²) in [6.07, 6.45) is 3.27. The van der Waals surface area contributed by atoms with Gasteiger partial charge in [-0.15, -0.1) is 11.3 Å². The van der Waals surface area contributed by atoms with E-state index in [1.165, 1.54) is 16.0 Å². The van der Waals surface area contributed by atoms with E-state index in [1.54, 1.807) is 19.3 Å². The summed E-state index contributed by atoms with van der Waals surface area (Å²) in [7, 11) is 0. The van der Waals surface area contributed by atoms with Crippen LogP contribution >= 0.6 is 11.3 Å². The molecule has 0 aliphatic carbocycles. The maximum Gasteiger partial charge on any atom is 0.392 e. The van der Waals surface area contributed by atoms with Crippen molar-refractivity contribution in [1.82, 2.24) is 14.8 Å². The van der Waals surface area contributed by atoms with Crippen LogP contribution in [-0.2, 0) is 6.54 Å². The molecule has 2 aromatic heterocycles. The molecular formula is C8H9N5O2S. The second-order valence-corrected chi connectivity index (χ2v) is 4.40. The highest BCUT2D eigenvalue weighted by atomic mass is 32.1. The highest BCUT2D eigenvalue weighted by molar-refractivity contribution is 7.15. The van der Waals surface area contributed by atoms with Gasteiger partial charge in [-0.25, -0.2) is 4.98 Å².